The van der Waals surface area contributed by atoms with E-state index in [4.69, 9.17) is 9.26 Å². The minimum absolute atomic E-state index is 0.188. The van der Waals surface area contributed by atoms with Crippen molar-refractivity contribution in [1.29, 1.82) is 0 Å². The second-order valence-electron chi connectivity index (χ2n) is 5.66. The van der Waals surface area contributed by atoms with Crippen LogP contribution < -0.4 is 0 Å². The zero-order valence-corrected chi connectivity index (χ0v) is 13.4. The fourth-order valence-electron chi connectivity index (χ4n) is 2.71. The number of fused-ring (bicyclic) bond motifs is 1. The molecule has 4 heterocycles. The molecule has 0 aliphatic carbocycles. The molecule has 128 valence electrons. The Kier molecular flexibility index (Phi) is 4.21. The van der Waals surface area contributed by atoms with E-state index in [1.165, 1.54) is 6.20 Å². The van der Waals surface area contributed by atoms with Crippen molar-refractivity contribution in [3.8, 4) is 0 Å². The number of aromatic nitrogens is 5. The summed E-state index contributed by atoms with van der Waals surface area (Å²) < 4.78 is 12.5. The minimum atomic E-state index is -0.188. The lowest BCUT2D eigenvalue weighted by molar-refractivity contribution is 0.0657. The van der Waals surface area contributed by atoms with Gasteiger partial charge in [0.1, 0.15) is 5.69 Å². The molecule has 0 atom stereocenters. The number of rotatable bonds is 5. The van der Waals surface area contributed by atoms with E-state index in [1.807, 2.05) is 16.8 Å². The van der Waals surface area contributed by atoms with Crippen LogP contribution in [0.15, 0.2) is 41.3 Å². The van der Waals surface area contributed by atoms with Crippen molar-refractivity contribution in [2.45, 2.75) is 26.3 Å². The average Bonchev–Trinajstić information content (AvgIpc) is 3.32. The number of hydrogen-bond acceptors (Lipinski definition) is 7. The maximum absolute atomic E-state index is 12.4. The first kappa shape index (κ1) is 15.5. The Morgan fingerprint density at radius 1 is 1.24 bits per heavy atom. The Hall–Kier alpha value is -3.07. The van der Waals surface area contributed by atoms with E-state index in [0.29, 0.717) is 32.8 Å². The molecule has 1 amide bonds. The molecule has 0 fully saturated rings. The molecule has 0 spiro atoms. The van der Waals surface area contributed by atoms with Crippen molar-refractivity contribution in [2.75, 3.05) is 6.54 Å². The Balaban J connectivity index is 1.41. The molecule has 0 saturated heterocycles. The van der Waals surface area contributed by atoms with Crippen molar-refractivity contribution in [1.82, 2.24) is 30.0 Å². The lowest BCUT2D eigenvalue weighted by Gasteiger charge is -2.26. The molecule has 25 heavy (non-hydrogen) atoms. The van der Waals surface area contributed by atoms with Gasteiger partial charge in [-0.3, -0.25) is 9.78 Å². The highest BCUT2D eigenvalue weighted by Gasteiger charge is 2.27. The molecule has 1 aliphatic rings. The highest BCUT2D eigenvalue weighted by atomic mass is 16.5. The molecule has 3 aromatic rings. The zero-order valence-electron chi connectivity index (χ0n) is 13.4. The van der Waals surface area contributed by atoms with E-state index in [1.54, 1.807) is 23.4 Å². The number of ether oxygens (including phenoxy) is 1. The molecule has 4 rings (SSSR count). The summed E-state index contributed by atoms with van der Waals surface area (Å²) in [6, 6.07) is 5.38. The van der Waals surface area contributed by atoms with Crippen LogP contribution >= 0.6 is 0 Å². The topological polar surface area (TPSA) is 99.2 Å². The van der Waals surface area contributed by atoms with E-state index in [0.717, 1.165) is 17.0 Å². The molecule has 3 aromatic heterocycles. The molecule has 9 nitrogen and oxygen atoms in total. The smallest absolute Gasteiger partial charge is 0.292 e. The van der Waals surface area contributed by atoms with E-state index < -0.39 is 0 Å². The van der Waals surface area contributed by atoms with Gasteiger partial charge in [-0.05, 0) is 11.6 Å². The van der Waals surface area contributed by atoms with E-state index >= 15 is 0 Å². The standard InChI is InChI=1S/C16H16N6O3/c23-16(15-3-5-18-25-15)21-6-7-22-14(9-21)13(19-20-22)11-24-10-12-2-1-4-17-8-12/h1-5,8H,6-7,9-11H2. The van der Waals surface area contributed by atoms with Crippen molar-refractivity contribution >= 4 is 5.91 Å². The fraction of sp³-hybridized carbons (Fsp3) is 0.312. The Bertz CT molecular complexity index is 846. The summed E-state index contributed by atoms with van der Waals surface area (Å²) in [4.78, 5) is 18.2. The number of hydrogen-bond donors (Lipinski definition) is 0. The van der Waals surface area contributed by atoms with Crippen LogP contribution in [0.1, 0.15) is 27.5 Å². The van der Waals surface area contributed by atoms with Crippen LogP contribution in [0.3, 0.4) is 0 Å². The quantitative estimate of drug-likeness (QED) is 0.684. The summed E-state index contributed by atoms with van der Waals surface area (Å²) in [6.45, 7) is 2.32. The van der Waals surface area contributed by atoms with Crippen LogP contribution in [0.5, 0.6) is 0 Å². The first-order valence-electron chi connectivity index (χ1n) is 7.89. The lowest BCUT2D eigenvalue weighted by Crippen LogP contribution is -2.38. The second kappa shape index (κ2) is 6.81. The molecule has 1 aliphatic heterocycles. The Morgan fingerprint density at radius 2 is 2.20 bits per heavy atom. The number of carbonyl (C=O) groups excluding carboxylic acids is 1. The summed E-state index contributed by atoms with van der Waals surface area (Å²) in [7, 11) is 0. The van der Waals surface area contributed by atoms with E-state index in [2.05, 4.69) is 20.5 Å². The lowest BCUT2D eigenvalue weighted by atomic mass is 10.2. The molecule has 0 radical (unpaired) electrons. The van der Waals surface area contributed by atoms with Gasteiger partial charge >= 0.3 is 0 Å². The number of nitrogens with zero attached hydrogens (tertiary/aromatic N) is 6. The van der Waals surface area contributed by atoms with Gasteiger partial charge in [0.2, 0.25) is 5.76 Å². The molecule has 0 aromatic carbocycles. The van der Waals surface area contributed by atoms with Gasteiger partial charge in [0, 0.05) is 25.0 Å². The number of carbonyl (C=O) groups is 1. The van der Waals surface area contributed by atoms with Crippen LogP contribution in [-0.2, 0) is 31.0 Å². The highest BCUT2D eigenvalue weighted by Crippen LogP contribution is 2.18. The van der Waals surface area contributed by atoms with Crippen molar-refractivity contribution in [3.63, 3.8) is 0 Å². The van der Waals surface area contributed by atoms with Crippen LogP contribution in [0.25, 0.3) is 0 Å². The summed E-state index contributed by atoms with van der Waals surface area (Å²) in [5, 5.41) is 11.9. The maximum atomic E-state index is 12.4. The van der Waals surface area contributed by atoms with Crippen LogP contribution in [-0.4, -0.2) is 42.5 Å². The SMILES string of the molecule is O=C(c1ccno1)N1CCn2nnc(COCc3cccnc3)c2C1. The van der Waals surface area contributed by atoms with Gasteiger partial charge in [-0.1, -0.05) is 16.4 Å². The van der Waals surface area contributed by atoms with Crippen LogP contribution in [0.2, 0.25) is 0 Å². The predicted molar refractivity (Wildman–Crippen MR) is 84.0 cm³/mol. The van der Waals surface area contributed by atoms with Crippen LogP contribution in [0, 0.1) is 0 Å². The molecule has 0 unspecified atom stereocenters. The molecule has 0 saturated carbocycles. The van der Waals surface area contributed by atoms with Crippen molar-refractivity contribution in [2.24, 2.45) is 0 Å². The monoisotopic (exact) mass is 340 g/mol. The second-order valence-corrected chi connectivity index (χ2v) is 5.66. The number of pyridine rings is 1. The zero-order chi connectivity index (χ0) is 17.1. The van der Waals surface area contributed by atoms with E-state index in [9.17, 15) is 4.79 Å². The first-order chi connectivity index (χ1) is 12.3. The summed E-state index contributed by atoms with van der Waals surface area (Å²) in [6.07, 6.45) is 4.94. The van der Waals surface area contributed by atoms with E-state index in [-0.39, 0.29) is 11.7 Å². The molecule has 0 bridgehead atoms. The van der Waals surface area contributed by atoms with Gasteiger partial charge in [0.15, 0.2) is 0 Å². The van der Waals surface area contributed by atoms with Crippen molar-refractivity contribution < 1.29 is 14.1 Å². The average molecular weight is 340 g/mol. The third-order valence-electron chi connectivity index (χ3n) is 4.01. The molecule has 9 heteroatoms. The summed E-state index contributed by atoms with van der Waals surface area (Å²) in [5.74, 6) is 0.0440. The van der Waals surface area contributed by atoms with Gasteiger partial charge in [-0.15, -0.1) is 5.10 Å². The summed E-state index contributed by atoms with van der Waals surface area (Å²) in [5.41, 5.74) is 2.61. The fourth-order valence-corrected chi connectivity index (χ4v) is 2.71. The van der Waals surface area contributed by atoms with Gasteiger partial charge in [0.25, 0.3) is 5.91 Å². The Morgan fingerprint density at radius 3 is 3.00 bits per heavy atom. The molecule has 0 N–H and O–H groups in total. The predicted octanol–water partition coefficient (Wildman–Crippen LogP) is 1.03. The van der Waals surface area contributed by atoms with Crippen molar-refractivity contribution in [3.05, 3.63) is 59.5 Å². The summed E-state index contributed by atoms with van der Waals surface area (Å²) >= 11 is 0. The Labute approximate surface area is 143 Å². The highest BCUT2D eigenvalue weighted by molar-refractivity contribution is 5.91. The van der Waals surface area contributed by atoms with Gasteiger partial charge in [0.05, 0.1) is 38.2 Å². The maximum Gasteiger partial charge on any atom is 0.292 e. The molecular weight excluding hydrogens is 324 g/mol. The van der Waals surface area contributed by atoms with Gasteiger partial charge in [-0.2, -0.15) is 0 Å². The normalized spacial score (nSPS) is 13.7. The van der Waals surface area contributed by atoms with Crippen LogP contribution in [0.4, 0.5) is 0 Å². The third-order valence-corrected chi connectivity index (χ3v) is 4.01. The molecular formula is C16H16N6O3. The minimum Gasteiger partial charge on any atom is -0.370 e. The number of amides is 1. The largest absolute Gasteiger partial charge is 0.370 e. The van der Waals surface area contributed by atoms with Gasteiger partial charge < -0.3 is 14.2 Å². The van der Waals surface area contributed by atoms with Gasteiger partial charge in [-0.25, -0.2) is 4.68 Å². The first-order valence-corrected chi connectivity index (χ1v) is 7.89. The third kappa shape index (κ3) is 3.26.